The van der Waals surface area contributed by atoms with Crippen LogP contribution < -0.4 is 0 Å². The van der Waals surface area contributed by atoms with E-state index in [0.717, 1.165) is 11.7 Å². The van der Waals surface area contributed by atoms with Crippen molar-refractivity contribution >= 4 is 12.6 Å². The molecule has 1 heteroatoms. The first-order valence-corrected chi connectivity index (χ1v) is 5.09. The molecule has 1 atom stereocenters. The van der Waals surface area contributed by atoms with Gasteiger partial charge in [-0.25, -0.2) is 0 Å². The van der Waals surface area contributed by atoms with Crippen LogP contribution in [0.2, 0.25) is 0 Å². The molecule has 0 aromatic carbocycles. The lowest BCUT2D eigenvalue weighted by atomic mass is 10.0. The van der Waals surface area contributed by atoms with Gasteiger partial charge in [0, 0.05) is 0 Å². The highest BCUT2D eigenvalue weighted by Gasteiger charge is 1.99. The Balaban J connectivity index is 0. The van der Waals surface area contributed by atoms with Gasteiger partial charge in [-0.3, -0.25) is 0 Å². The van der Waals surface area contributed by atoms with Crippen molar-refractivity contribution in [3.05, 3.63) is 0 Å². The van der Waals surface area contributed by atoms with Crippen molar-refractivity contribution in [3.63, 3.8) is 0 Å². The van der Waals surface area contributed by atoms with Crippen LogP contribution in [0.3, 0.4) is 0 Å². The van der Waals surface area contributed by atoms with E-state index in [1.54, 1.807) is 0 Å². The second kappa shape index (κ2) is 12.1. The Hall–Kier alpha value is 0.350. The van der Waals surface area contributed by atoms with Gasteiger partial charge in [0.25, 0.3) is 0 Å². The molecule has 0 rings (SSSR count). The van der Waals surface area contributed by atoms with Gasteiger partial charge in [0.05, 0.1) is 0 Å². The van der Waals surface area contributed by atoms with Crippen molar-refractivity contribution in [1.29, 1.82) is 0 Å². The summed E-state index contributed by atoms with van der Waals surface area (Å²) in [5.74, 6) is 1.92. The number of rotatable bonds is 4. The molecular formula is C9H22S. The van der Waals surface area contributed by atoms with E-state index in [9.17, 15) is 0 Å². The first-order valence-electron chi connectivity index (χ1n) is 4.46. The fourth-order valence-electron chi connectivity index (χ4n) is 0.833. The third-order valence-corrected chi connectivity index (χ3v) is 2.05. The van der Waals surface area contributed by atoms with Gasteiger partial charge in [-0.05, 0) is 18.1 Å². The summed E-state index contributed by atoms with van der Waals surface area (Å²) in [4.78, 5) is 0. The van der Waals surface area contributed by atoms with Crippen LogP contribution in [0, 0.1) is 5.92 Å². The van der Waals surface area contributed by atoms with E-state index in [0.29, 0.717) is 0 Å². The first-order chi connectivity index (χ1) is 4.85. The predicted molar refractivity (Wildman–Crippen MR) is 53.9 cm³/mol. The third kappa shape index (κ3) is 8.35. The monoisotopic (exact) mass is 162 g/mol. The molecule has 0 N–H and O–H groups in total. The molecule has 0 saturated carbocycles. The number of thiol groups is 1. The van der Waals surface area contributed by atoms with E-state index < -0.39 is 0 Å². The minimum atomic E-state index is 0.864. The summed E-state index contributed by atoms with van der Waals surface area (Å²) in [7, 11) is 0. The summed E-state index contributed by atoms with van der Waals surface area (Å²) in [5, 5.41) is 0. The molecule has 0 aliphatic carbocycles. The highest BCUT2D eigenvalue weighted by Crippen LogP contribution is 2.10. The van der Waals surface area contributed by atoms with Gasteiger partial charge in [-0.15, -0.1) is 0 Å². The van der Waals surface area contributed by atoms with Crippen molar-refractivity contribution in [2.45, 2.75) is 47.0 Å². The van der Waals surface area contributed by atoms with Crippen molar-refractivity contribution in [3.8, 4) is 0 Å². The Morgan fingerprint density at radius 2 is 1.70 bits per heavy atom. The van der Waals surface area contributed by atoms with Gasteiger partial charge >= 0.3 is 0 Å². The summed E-state index contributed by atoms with van der Waals surface area (Å²) in [6.07, 6.45) is 3.94. The fourth-order valence-corrected chi connectivity index (χ4v) is 1.27. The third-order valence-electron chi connectivity index (χ3n) is 1.53. The summed E-state index contributed by atoms with van der Waals surface area (Å²) < 4.78 is 0. The summed E-state index contributed by atoms with van der Waals surface area (Å²) in [6, 6.07) is 0. The molecule has 64 valence electrons. The molecule has 0 aromatic heterocycles. The van der Waals surface area contributed by atoms with Crippen LogP contribution in [0.5, 0.6) is 0 Å². The van der Waals surface area contributed by atoms with Gasteiger partial charge < -0.3 is 0 Å². The molecular weight excluding hydrogens is 140 g/mol. The van der Waals surface area contributed by atoms with Gasteiger partial charge in [0.1, 0.15) is 0 Å². The molecule has 0 radical (unpaired) electrons. The highest BCUT2D eigenvalue weighted by atomic mass is 32.1. The van der Waals surface area contributed by atoms with Gasteiger partial charge in [0.2, 0.25) is 0 Å². The quantitative estimate of drug-likeness (QED) is 0.598. The molecule has 0 fully saturated rings. The van der Waals surface area contributed by atoms with Crippen molar-refractivity contribution in [2.24, 2.45) is 5.92 Å². The highest BCUT2D eigenvalue weighted by molar-refractivity contribution is 7.80. The lowest BCUT2D eigenvalue weighted by Gasteiger charge is -2.07. The van der Waals surface area contributed by atoms with Crippen molar-refractivity contribution < 1.29 is 0 Å². The molecule has 1 unspecified atom stereocenters. The Kier molecular flexibility index (Phi) is 15.7. The summed E-state index contributed by atoms with van der Waals surface area (Å²) in [5.41, 5.74) is 0. The second-order valence-electron chi connectivity index (χ2n) is 2.25. The van der Waals surface area contributed by atoms with Crippen molar-refractivity contribution in [1.82, 2.24) is 0 Å². The summed E-state index contributed by atoms with van der Waals surface area (Å²) in [6.45, 7) is 8.46. The first kappa shape index (κ1) is 13.0. The second-order valence-corrected chi connectivity index (χ2v) is 2.61. The van der Waals surface area contributed by atoms with Crippen molar-refractivity contribution in [2.75, 3.05) is 5.75 Å². The van der Waals surface area contributed by atoms with Gasteiger partial charge in [-0.2, -0.15) is 12.6 Å². The molecule has 0 bridgehead atoms. The molecule has 0 spiro atoms. The number of hydrogen-bond donors (Lipinski definition) is 1. The van der Waals surface area contributed by atoms with Crippen LogP contribution in [0.4, 0.5) is 0 Å². The zero-order valence-electron chi connectivity index (χ0n) is 7.85. The maximum absolute atomic E-state index is 4.23. The molecule has 10 heavy (non-hydrogen) atoms. The average Bonchev–Trinajstić information content (AvgIpc) is 2.04. The maximum atomic E-state index is 4.23. The van der Waals surface area contributed by atoms with E-state index in [-0.39, 0.29) is 0 Å². The topological polar surface area (TPSA) is 0 Å². The van der Waals surface area contributed by atoms with Crippen LogP contribution in [-0.4, -0.2) is 5.75 Å². The molecule has 0 heterocycles. The van der Waals surface area contributed by atoms with Crippen LogP contribution in [0.1, 0.15) is 47.0 Å². The Morgan fingerprint density at radius 1 is 1.20 bits per heavy atom. The Bertz CT molecular complexity index is 40.0. The molecule has 0 aliphatic rings. The van der Waals surface area contributed by atoms with E-state index >= 15 is 0 Å². The smallest absolute Gasteiger partial charge is 0.00696 e. The Morgan fingerprint density at radius 3 is 1.80 bits per heavy atom. The minimum Gasteiger partial charge on any atom is -0.179 e. The predicted octanol–water partition coefficient (Wildman–Crippen LogP) is 3.77. The van der Waals surface area contributed by atoms with Gasteiger partial charge in [-0.1, -0.05) is 40.5 Å². The molecule has 0 saturated heterocycles. The van der Waals surface area contributed by atoms with E-state index in [1.807, 2.05) is 13.8 Å². The normalized spacial score (nSPS) is 11.7. The van der Waals surface area contributed by atoms with E-state index in [4.69, 9.17) is 0 Å². The van der Waals surface area contributed by atoms with Crippen LogP contribution in [0.15, 0.2) is 0 Å². The average molecular weight is 162 g/mol. The lowest BCUT2D eigenvalue weighted by molar-refractivity contribution is 0.519. The SMILES string of the molecule is CC.CCCC(CC)CS. The zero-order chi connectivity index (χ0) is 8.41. The van der Waals surface area contributed by atoms with Crippen LogP contribution in [0.25, 0.3) is 0 Å². The molecule has 0 aromatic rings. The minimum absolute atomic E-state index is 0.864. The molecule has 0 aliphatic heterocycles. The Labute approximate surface area is 71.8 Å². The van der Waals surface area contributed by atoms with Crippen LogP contribution >= 0.6 is 12.6 Å². The number of hydrogen-bond acceptors (Lipinski definition) is 1. The van der Waals surface area contributed by atoms with E-state index in [1.165, 1.54) is 19.3 Å². The largest absolute Gasteiger partial charge is 0.179 e. The fraction of sp³-hybridized carbons (Fsp3) is 1.00. The van der Waals surface area contributed by atoms with Crippen LogP contribution in [-0.2, 0) is 0 Å². The summed E-state index contributed by atoms with van der Waals surface area (Å²) >= 11 is 4.23. The van der Waals surface area contributed by atoms with E-state index in [2.05, 4.69) is 26.5 Å². The standard InChI is InChI=1S/C7H16S.C2H6/c1-3-5-7(4-2)6-8;1-2/h7-8H,3-6H2,1-2H3;1-2H3. The van der Waals surface area contributed by atoms with Gasteiger partial charge in [0.15, 0.2) is 0 Å². The molecule has 0 nitrogen and oxygen atoms in total. The zero-order valence-corrected chi connectivity index (χ0v) is 8.75. The molecule has 0 amide bonds. The lowest BCUT2D eigenvalue weighted by Crippen LogP contribution is -1.98. The maximum Gasteiger partial charge on any atom is -0.00696 e.